The van der Waals surface area contributed by atoms with Crippen molar-refractivity contribution in [3.8, 4) is 0 Å². The molecule has 3 N–H and O–H groups in total. The number of hydrogen-bond donors (Lipinski definition) is 2. The van der Waals surface area contributed by atoms with Crippen molar-refractivity contribution >= 4 is 22.9 Å². The molecule has 0 aliphatic heterocycles. The Kier molecular flexibility index (Phi) is 3.77. The molecule has 1 heterocycles. The van der Waals surface area contributed by atoms with Crippen molar-refractivity contribution in [1.82, 2.24) is 5.43 Å². The Balaban J connectivity index is 2.66. The van der Waals surface area contributed by atoms with Crippen LogP contribution in [0, 0.1) is 0 Å². The third-order valence-corrected chi connectivity index (χ3v) is 2.88. The molecule has 0 aliphatic carbocycles. The van der Waals surface area contributed by atoms with Crippen molar-refractivity contribution in [1.29, 1.82) is 0 Å². The minimum atomic E-state index is -4.34. The average molecular weight is 245 g/mol. The third kappa shape index (κ3) is 3.13. The molecular formula is C7H8ClF3N2S. The van der Waals surface area contributed by atoms with Crippen molar-refractivity contribution in [3.05, 3.63) is 21.3 Å². The summed E-state index contributed by atoms with van der Waals surface area (Å²) in [6.45, 7) is 0. The lowest BCUT2D eigenvalue weighted by Crippen LogP contribution is -2.47. The van der Waals surface area contributed by atoms with Crippen molar-refractivity contribution in [2.45, 2.75) is 18.6 Å². The van der Waals surface area contributed by atoms with E-state index in [0.717, 1.165) is 11.3 Å². The Morgan fingerprint density at radius 2 is 2.14 bits per heavy atom. The molecule has 0 saturated heterocycles. The number of rotatable bonds is 3. The predicted molar refractivity (Wildman–Crippen MR) is 50.2 cm³/mol. The summed E-state index contributed by atoms with van der Waals surface area (Å²) in [4.78, 5) is 0.551. The van der Waals surface area contributed by atoms with Gasteiger partial charge in [0.15, 0.2) is 0 Å². The molecular weight excluding hydrogens is 237 g/mol. The van der Waals surface area contributed by atoms with Crippen LogP contribution < -0.4 is 11.3 Å². The number of alkyl halides is 3. The van der Waals surface area contributed by atoms with Gasteiger partial charge in [0.1, 0.15) is 6.04 Å². The normalized spacial score (nSPS) is 14.4. The highest BCUT2D eigenvalue weighted by Crippen LogP contribution is 2.27. The first-order valence-electron chi connectivity index (χ1n) is 3.70. The fraction of sp³-hybridized carbons (Fsp3) is 0.429. The zero-order valence-electron chi connectivity index (χ0n) is 6.94. The zero-order chi connectivity index (χ0) is 10.8. The van der Waals surface area contributed by atoms with Gasteiger partial charge in [-0.25, -0.2) is 5.43 Å². The number of halogens is 4. The summed E-state index contributed by atoms with van der Waals surface area (Å²) in [6, 6.07) is 1.39. The van der Waals surface area contributed by atoms with Crippen molar-refractivity contribution in [3.63, 3.8) is 0 Å². The van der Waals surface area contributed by atoms with E-state index in [-0.39, 0.29) is 6.42 Å². The Labute approximate surface area is 87.8 Å². The van der Waals surface area contributed by atoms with Gasteiger partial charge in [-0.1, -0.05) is 11.6 Å². The minimum Gasteiger partial charge on any atom is -0.271 e. The number of hydrogen-bond acceptors (Lipinski definition) is 3. The smallest absolute Gasteiger partial charge is 0.271 e. The van der Waals surface area contributed by atoms with Crippen LogP contribution in [0.5, 0.6) is 0 Å². The molecule has 0 bridgehead atoms. The van der Waals surface area contributed by atoms with E-state index in [0.29, 0.717) is 9.21 Å². The fourth-order valence-electron chi connectivity index (χ4n) is 0.932. The fourth-order valence-corrected chi connectivity index (χ4v) is 2.06. The summed E-state index contributed by atoms with van der Waals surface area (Å²) in [5.41, 5.74) is 1.74. The minimum absolute atomic E-state index is 0.197. The monoisotopic (exact) mass is 244 g/mol. The Morgan fingerprint density at radius 1 is 1.50 bits per heavy atom. The number of hydrazine groups is 1. The van der Waals surface area contributed by atoms with E-state index in [1.165, 1.54) is 0 Å². The van der Waals surface area contributed by atoms with E-state index >= 15 is 0 Å². The molecule has 0 spiro atoms. The number of nitrogens with two attached hydrogens (primary N) is 1. The molecule has 0 aliphatic rings. The van der Waals surface area contributed by atoms with Crippen LogP contribution in [0.3, 0.4) is 0 Å². The molecule has 1 aromatic rings. The first-order valence-corrected chi connectivity index (χ1v) is 4.90. The molecule has 1 atom stereocenters. The molecule has 0 amide bonds. The lowest BCUT2D eigenvalue weighted by Gasteiger charge is -2.18. The standard InChI is InChI=1S/C7H8ClF3N2S/c8-6-2-1-4(14-6)3-5(13-12)7(9,10)11/h1-2,5,13H,3,12H2. The molecule has 80 valence electrons. The Bertz CT molecular complexity index is 299. The molecule has 1 aromatic heterocycles. The third-order valence-electron chi connectivity index (χ3n) is 1.63. The average Bonchev–Trinajstić information content (AvgIpc) is 2.45. The van der Waals surface area contributed by atoms with Crippen LogP contribution in [0.4, 0.5) is 13.2 Å². The van der Waals surface area contributed by atoms with Gasteiger partial charge in [0.05, 0.1) is 4.34 Å². The van der Waals surface area contributed by atoms with Gasteiger partial charge in [-0.2, -0.15) is 13.2 Å². The molecule has 0 fully saturated rings. The predicted octanol–water partition coefficient (Wildman–Crippen LogP) is 2.34. The van der Waals surface area contributed by atoms with E-state index in [1.54, 1.807) is 17.6 Å². The van der Waals surface area contributed by atoms with Gasteiger partial charge in [-0.15, -0.1) is 11.3 Å². The van der Waals surface area contributed by atoms with E-state index in [9.17, 15) is 13.2 Å². The van der Waals surface area contributed by atoms with Crippen molar-refractivity contribution in [2.24, 2.45) is 5.84 Å². The van der Waals surface area contributed by atoms with Crippen molar-refractivity contribution < 1.29 is 13.2 Å². The second kappa shape index (κ2) is 4.48. The van der Waals surface area contributed by atoms with E-state index in [2.05, 4.69) is 0 Å². The quantitative estimate of drug-likeness (QED) is 0.633. The topological polar surface area (TPSA) is 38.0 Å². The van der Waals surface area contributed by atoms with Crippen LogP contribution in [0.2, 0.25) is 4.34 Å². The van der Waals surface area contributed by atoms with E-state index in [1.807, 2.05) is 0 Å². The lowest BCUT2D eigenvalue weighted by molar-refractivity contribution is -0.155. The molecule has 2 nitrogen and oxygen atoms in total. The van der Waals surface area contributed by atoms with Crippen LogP contribution in [-0.2, 0) is 6.42 Å². The molecule has 14 heavy (non-hydrogen) atoms. The maximum Gasteiger partial charge on any atom is 0.405 e. The second-order valence-electron chi connectivity index (χ2n) is 2.67. The maximum absolute atomic E-state index is 12.2. The first kappa shape index (κ1) is 11.8. The summed E-state index contributed by atoms with van der Waals surface area (Å²) >= 11 is 6.70. The SMILES string of the molecule is NNC(Cc1ccc(Cl)s1)C(F)(F)F. The molecule has 0 saturated carbocycles. The summed E-state index contributed by atoms with van der Waals surface area (Å²) in [5, 5.41) is 0. The van der Waals surface area contributed by atoms with Gasteiger partial charge in [0, 0.05) is 11.3 Å². The van der Waals surface area contributed by atoms with Crippen LogP contribution in [-0.4, -0.2) is 12.2 Å². The van der Waals surface area contributed by atoms with Gasteiger partial charge < -0.3 is 0 Å². The molecule has 1 unspecified atom stereocenters. The van der Waals surface area contributed by atoms with Crippen LogP contribution in [0.15, 0.2) is 12.1 Å². The molecule has 0 radical (unpaired) electrons. The van der Waals surface area contributed by atoms with Gasteiger partial charge in [-0.3, -0.25) is 5.84 Å². The Hall–Kier alpha value is -0.300. The first-order chi connectivity index (χ1) is 6.43. The van der Waals surface area contributed by atoms with Gasteiger partial charge in [-0.05, 0) is 12.1 Å². The van der Waals surface area contributed by atoms with Crippen LogP contribution >= 0.6 is 22.9 Å². The number of nitrogens with one attached hydrogen (secondary N) is 1. The summed E-state index contributed by atoms with van der Waals surface area (Å²) in [5.74, 6) is 4.82. The zero-order valence-corrected chi connectivity index (χ0v) is 8.51. The molecule has 0 aromatic carbocycles. The largest absolute Gasteiger partial charge is 0.405 e. The highest BCUT2D eigenvalue weighted by Gasteiger charge is 2.39. The molecule has 1 rings (SSSR count). The summed E-state index contributed by atoms with van der Waals surface area (Å²) < 4.78 is 37.2. The summed E-state index contributed by atoms with van der Waals surface area (Å²) in [6.07, 6.45) is -4.54. The molecule has 7 heteroatoms. The van der Waals surface area contributed by atoms with E-state index in [4.69, 9.17) is 17.4 Å². The van der Waals surface area contributed by atoms with Crippen LogP contribution in [0.25, 0.3) is 0 Å². The number of thiophene rings is 1. The summed E-state index contributed by atoms with van der Waals surface area (Å²) in [7, 11) is 0. The van der Waals surface area contributed by atoms with E-state index < -0.39 is 12.2 Å². The van der Waals surface area contributed by atoms with Crippen LogP contribution in [0.1, 0.15) is 4.88 Å². The highest BCUT2D eigenvalue weighted by atomic mass is 35.5. The second-order valence-corrected chi connectivity index (χ2v) is 4.47. The van der Waals surface area contributed by atoms with Crippen molar-refractivity contribution in [2.75, 3.05) is 0 Å². The maximum atomic E-state index is 12.2. The van der Waals surface area contributed by atoms with Gasteiger partial charge in [0.2, 0.25) is 0 Å². The van der Waals surface area contributed by atoms with Gasteiger partial charge >= 0.3 is 6.18 Å². The lowest BCUT2D eigenvalue weighted by atomic mass is 10.2. The highest BCUT2D eigenvalue weighted by molar-refractivity contribution is 7.16. The van der Waals surface area contributed by atoms with Gasteiger partial charge in [0.25, 0.3) is 0 Å². The Morgan fingerprint density at radius 3 is 2.50 bits per heavy atom.